The van der Waals surface area contributed by atoms with Crippen molar-refractivity contribution in [2.24, 2.45) is 0 Å². The van der Waals surface area contributed by atoms with Gasteiger partial charge in [-0.3, -0.25) is 20.4 Å². The molecule has 122 valence electrons. The molecular formula is C15H16N2O6. The van der Waals surface area contributed by atoms with E-state index in [1.807, 2.05) is 0 Å². The molecule has 0 atom stereocenters. The second-order valence-corrected chi connectivity index (χ2v) is 4.29. The van der Waals surface area contributed by atoms with Crippen molar-refractivity contribution in [2.75, 3.05) is 21.3 Å². The smallest absolute Gasteiger partial charge is 0.305 e. The monoisotopic (exact) mass is 320 g/mol. The zero-order chi connectivity index (χ0) is 16.8. The normalized spacial score (nSPS) is 9.87. The summed E-state index contributed by atoms with van der Waals surface area (Å²) in [4.78, 5) is 24.0. The molecule has 8 nitrogen and oxygen atoms in total. The number of carbonyl (C=O) groups is 2. The van der Waals surface area contributed by atoms with Crippen LogP contribution in [-0.2, 0) is 0 Å². The molecule has 0 saturated carbocycles. The first kappa shape index (κ1) is 16.2. The predicted molar refractivity (Wildman–Crippen MR) is 79.7 cm³/mol. The van der Waals surface area contributed by atoms with E-state index < -0.39 is 11.8 Å². The van der Waals surface area contributed by atoms with Gasteiger partial charge in [0.1, 0.15) is 5.75 Å². The van der Waals surface area contributed by atoms with E-state index in [0.29, 0.717) is 11.5 Å². The number of furan rings is 1. The van der Waals surface area contributed by atoms with Crippen molar-refractivity contribution in [3.8, 4) is 17.2 Å². The maximum absolute atomic E-state index is 12.2. The molecule has 0 saturated heterocycles. The highest BCUT2D eigenvalue weighted by Gasteiger charge is 2.18. The fraction of sp³-hybridized carbons (Fsp3) is 0.200. The molecule has 8 heteroatoms. The summed E-state index contributed by atoms with van der Waals surface area (Å²) in [5.74, 6) is -0.0428. The molecule has 0 bridgehead atoms. The fourth-order valence-corrected chi connectivity index (χ4v) is 1.86. The molecule has 1 aromatic carbocycles. The summed E-state index contributed by atoms with van der Waals surface area (Å²) in [7, 11) is 4.34. The SMILES string of the molecule is COc1cc(OC)c(C(=O)NNC(=O)c2ccco2)cc1OC. The van der Waals surface area contributed by atoms with Gasteiger partial charge < -0.3 is 18.6 Å². The lowest BCUT2D eigenvalue weighted by atomic mass is 10.1. The van der Waals surface area contributed by atoms with Gasteiger partial charge in [-0.2, -0.15) is 0 Å². The third-order valence-corrected chi connectivity index (χ3v) is 2.98. The van der Waals surface area contributed by atoms with E-state index in [4.69, 9.17) is 18.6 Å². The van der Waals surface area contributed by atoms with Crippen LogP contribution in [0.2, 0.25) is 0 Å². The lowest BCUT2D eigenvalue weighted by Gasteiger charge is -2.14. The van der Waals surface area contributed by atoms with Crippen molar-refractivity contribution in [1.82, 2.24) is 10.9 Å². The average molecular weight is 320 g/mol. The Morgan fingerprint density at radius 2 is 1.52 bits per heavy atom. The minimum atomic E-state index is -0.581. The van der Waals surface area contributed by atoms with Crippen molar-refractivity contribution in [3.05, 3.63) is 41.9 Å². The van der Waals surface area contributed by atoms with Gasteiger partial charge in [0.2, 0.25) is 0 Å². The van der Waals surface area contributed by atoms with Gasteiger partial charge in [-0.1, -0.05) is 0 Å². The van der Waals surface area contributed by atoms with E-state index in [2.05, 4.69) is 10.9 Å². The van der Waals surface area contributed by atoms with Gasteiger partial charge in [0.15, 0.2) is 17.3 Å². The number of methoxy groups -OCH3 is 3. The van der Waals surface area contributed by atoms with E-state index in [9.17, 15) is 9.59 Å². The number of ether oxygens (including phenoxy) is 3. The number of hydrazine groups is 1. The van der Waals surface area contributed by atoms with Gasteiger partial charge in [-0.15, -0.1) is 0 Å². The molecule has 0 spiro atoms. The molecule has 0 aliphatic heterocycles. The van der Waals surface area contributed by atoms with Crippen LogP contribution >= 0.6 is 0 Å². The number of rotatable bonds is 5. The second kappa shape index (κ2) is 7.21. The summed E-state index contributed by atoms with van der Waals surface area (Å²) in [6, 6.07) is 6.00. The maximum Gasteiger partial charge on any atom is 0.305 e. The Balaban J connectivity index is 2.16. The number of hydrogen-bond donors (Lipinski definition) is 2. The van der Waals surface area contributed by atoms with Crippen molar-refractivity contribution in [2.45, 2.75) is 0 Å². The highest BCUT2D eigenvalue weighted by Crippen LogP contribution is 2.34. The lowest BCUT2D eigenvalue weighted by Crippen LogP contribution is -2.41. The lowest BCUT2D eigenvalue weighted by molar-refractivity contribution is 0.0829. The molecule has 2 N–H and O–H groups in total. The van der Waals surface area contributed by atoms with Crippen LogP contribution < -0.4 is 25.1 Å². The van der Waals surface area contributed by atoms with Crippen LogP contribution in [0.4, 0.5) is 0 Å². The Morgan fingerprint density at radius 1 is 0.913 bits per heavy atom. The number of nitrogens with one attached hydrogen (secondary N) is 2. The van der Waals surface area contributed by atoms with E-state index in [-0.39, 0.29) is 17.1 Å². The maximum atomic E-state index is 12.2. The molecule has 0 aliphatic rings. The van der Waals surface area contributed by atoms with Gasteiger partial charge in [0.25, 0.3) is 5.91 Å². The first-order chi connectivity index (χ1) is 11.1. The van der Waals surface area contributed by atoms with Gasteiger partial charge in [0, 0.05) is 12.1 Å². The largest absolute Gasteiger partial charge is 0.496 e. The second-order valence-electron chi connectivity index (χ2n) is 4.29. The third-order valence-electron chi connectivity index (χ3n) is 2.98. The molecule has 1 aromatic heterocycles. The van der Waals surface area contributed by atoms with Crippen LogP contribution in [0.3, 0.4) is 0 Å². The molecule has 23 heavy (non-hydrogen) atoms. The Hall–Kier alpha value is -3.16. The summed E-state index contributed by atoms with van der Waals surface area (Å²) >= 11 is 0. The fourth-order valence-electron chi connectivity index (χ4n) is 1.86. The highest BCUT2D eigenvalue weighted by atomic mass is 16.5. The minimum Gasteiger partial charge on any atom is -0.496 e. The standard InChI is InChI=1S/C15H16N2O6/c1-20-11-8-13(22-3)12(21-2)7-9(11)14(18)16-17-15(19)10-5-4-6-23-10/h4-8H,1-3H3,(H,16,18)(H,17,19). The number of hydrogen-bond acceptors (Lipinski definition) is 6. The van der Waals surface area contributed by atoms with Crippen LogP contribution in [0.25, 0.3) is 0 Å². The number of carbonyl (C=O) groups excluding carboxylic acids is 2. The number of amides is 2. The molecular weight excluding hydrogens is 304 g/mol. The summed E-state index contributed by atoms with van der Waals surface area (Å²) in [5.41, 5.74) is 4.69. The van der Waals surface area contributed by atoms with Crippen LogP contribution in [0.5, 0.6) is 17.2 Å². The molecule has 2 aromatic rings. The van der Waals surface area contributed by atoms with Crippen molar-refractivity contribution < 1.29 is 28.2 Å². The van der Waals surface area contributed by atoms with E-state index >= 15 is 0 Å². The first-order valence-electron chi connectivity index (χ1n) is 6.55. The molecule has 0 unspecified atom stereocenters. The van der Waals surface area contributed by atoms with Crippen molar-refractivity contribution in [1.29, 1.82) is 0 Å². The molecule has 0 aliphatic carbocycles. The van der Waals surface area contributed by atoms with Crippen LogP contribution in [0, 0.1) is 0 Å². The Kier molecular flexibility index (Phi) is 5.08. The van der Waals surface area contributed by atoms with Crippen molar-refractivity contribution >= 4 is 11.8 Å². The Bertz CT molecular complexity index is 696. The van der Waals surface area contributed by atoms with E-state index in [1.54, 1.807) is 6.07 Å². The Labute approximate surface area is 132 Å². The summed E-state index contributed by atoms with van der Waals surface area (Å²) in [5, 5.41) is 0. The summed E-state index contributed by atoms with van der Waals surface area (Å²) in [6.45, 7) is 0. The molecule has 2 rings (SSSR count). The molecule has 1 heterocycles. The zero-order valence-electron chi connectivity index (χ0n) is 12.8. The van der Waals surface area contributed by atoms with Gasteiger partial charge in [0.05, 0.1) is 33.2 Å². The first-order valence-corrected chi connectivity index (χ1v) is 6.55. The van der Waals surface area contributed by atoms with Gasteiger partial charge >= 0.3 is 5.91 Å². The minimum absolute atomic E-state index is 0.0737. The topological polar surface area (TPSA) is 99.0 Å². The average Bonchev–Trinajstić information content (AvgIpc) is 3.12. The van der Waals surface area contributed by atoms with Crippen LogP contribution in [0.1, 0.15) is 20.9 Å². The molecule has 2 amide bonds. The van der Waals surface area contributed by atoms with Gasteiger partial charge in [-0.05, 0) is 12.1 Å². The summed E-state index contributed by atoms with van der Waals surface area (Å²) in [6.07, 6.45) is 1.36. The van der Waals surface area contributed by atoms with Crippen LogP contribution in [-0.4, -0.2) is 33.1 Å². The third kappa shape index (κ3) is 3.54. The van der Waals surface area contributed by atoms with Crippen LogP contribution in [0.15, 0.2) is 34.9 Å². The number of benzene rings is 1. The highest BCUT2D eigenvalue weighted by molar-refractivity contribution is 6.00. The molecule has 0 fully saturated rings. The predicted octanol–water partition coefficient (Wildman–Crippen LogP) is 1.38. The van der Waals surface area contributed by atoms with E-state index in [0.717, 1.165) is 0 Å². The quantitative estimate of drug-likeness (QED) is 0.808. The summed E-state index contributed by atoms with van der Waals surface area (Å²) < 4.78 is 20.4. The van der Waals surface area contributed by atoms with Gasteiger partial charge in [-0.25, -0.2) is 0 Å². The van der Waals surface area contributed by atoms with E-state index in [1.165, 1.54) is 45.8 Å². The zero-order valence-corrected chi connectivity index (χ0v) is 12.8. The Morgan fingerprint density at radius 3 is 2.09 bits per heavy atom. The van der Waals surface area contributed by atoms with Crippen molar-refractivity contribution in [3.63, 3.8) is 0 Å². The molecule has 0 radical (unpaired) electrons.